The van der Waals surface area contributed by atoms with Crippen molar-refractivity contribution in [3.8, 4) is 0 Å². The fraction of sp³-hybridized carbons (Fsp3) is 0.515. The molecule has 9 aliphatic rings. The quantitative estimate of drug-likeness (QED) is 0.0749. The maximum Gasteiger partial charge on any atom is 0.241 e. The van der Waals surface area contributed by atoms with E-state index in [1.165, 1.54) is 102 Å². The predicted molar refractivity (Wildman–Crippen MR) is 509 cm³/mol. The molecular weight excluding hydrogens is 1570 g/mol. The first-order valence-corrected chi connectivity index (χ1v) is 47.3. The van der Waals surface area contributed by atoms with Crippen LogP contribution in [0.2, 0.25) is 0 Å². The normalized spacial score (nSPS) is 24.0. The molecule has 8 atom stereocenters. The van der Waals surface area contributed by atoms with Crippen LogP contribution in [0.5, 0.6) is 0 Å². The lowest BCUT2D eigenvalue weighted by atomic mass is 9.92. The number of H-pyrrole nitrogens is 4. The highest BCUT2D eigenvalue weighted by atomic mass is 16.2. The zero-order valence-electron chi connectivity index (χ0n) is 76.7. The predicted octanol–water partition coefficient (Wildman–Crippen LogP) is 16.9. The van der Waals surface area contributed by atoms with Gasteiger partial charge in [-0.1, -0.05) is 55.5 Å². The second kappa shape index (κ2) is 38.5. The van der Waals surface area contributed by atoms with Gasteiger partial charge in [-0.25, -0.2) is 19.9 Å². The number of aromatic amines is 4. The lowest BCUT2D eigenvalue weighted by Gasteiger charge is -2.39. The van der Waals surface area contributed by atoms with Gasteiger partial charge < -0.3 is 44.4 Å². The number of anilines is 4. The zero-order chi connectivity index (χ0) is 86.8. The molecule has 21 rings (SSSR count). The summed E-state index contributed by atoms with van der Waals surface area (Å²) in [7, 11) is 10.9. The highest BCUT2D eigenvalue weighted by Crippen LogP contribution is 2.47. The van der Waals surface area contributed by atoms with Gasteiger partial charge in [-0.2, -0.15) is 0 Å². The summed E-state index contributed by atoms with van der Waals surface area (Å²) in [5, 5.41) is 0. The van der Waals surface area contributed by atoms with Gasteiger partial charge in [0.2, 0.25) is 5.91 Å². The third kappa shape index (κ3) is 18.3. The molecule has 0 radical (unpaired) electrons. The maximum atomic E-state index is 12.7. The van der Waals surface area contributed by atoms with Crippen molar-refractivity contribution in [2.24, 2.45) is 0 Å². The van der Waals surface area contributed by atoms with Gasteiger partial charge in [0.25, 0.3) is 0 Å². The van der Waals surface area contributed by atoms with Crippen LogP contribution >= 0.6 is 0 Å². The number of imidazole rings is 4. The number of amides is 1. The van der Waals surface area contributed by atoms with Gasteiger partial charge in [-0.3, -0.25) is 59.0 Å². The van der Waals surface area contributed by atoms with Crippen LogP contribution in [0, 0.1) is 27.7 Å². The summed E-state index contributed by atoms with van der Waals surface area (Å²) in [4.78, 5) is 95.9. The molecule has 8 saturated heterocycles. The standard InChI is InChI=1S/C26H34N6.C26H36N6.C25H34N6.C24H30N6O/c1-18-6-5-13-27-24(18)21-8-4-10-23(30(21)2)26-28-20-7-3-9-22(25(20)29-26)32-16-14-31(15-17-32)19-11-12-19;1-18(2)31-14-16-32(17-15-31)22-11-5-9-20-25(22)29-26(28-20)23-12-6-10-21(30(23)4)24-19(3)8-7-13-27-24;1-4-30-14-16-31(17-15-30)21-11-5-9-19-24(21)28-25(27-19)22-12-6-10-20(29(22)3)23-18(2)8-7-13-26-23;1-16-7-6-12-25-22(16)18-9-5-11-20(29(18)3)24-26-17-8-4-10-19(23(17)27-24)30-14-13-28(2)15-21(30)31/h3,5-7,9,13,19,21,23H,4,8,10-12,14-17H2,1-2H3,(H,28,29);5,7-9,11,13,18,21,23H,6,10,12,14-17H2,1-4H3,(H,28,29);5,7-9,11,13,20,22H,4,6,10,12,14-17H2,1-3H3,(H,27,28);4,6-8,10,12,18,20H,5,9,11,13-15H2,1-3H3,(H,26,27)/t2*21-,23+;20-,22+;18-,20+/m0000/s1. The zero-order valence-corrected chi connectivity index (χ0v) is 76.7. The number of piperidine rings is 4. The van der Waals surface area contributed by atoms with Gasteiger partial charge in [0.1, 0.15) is 45.4 Å². The number of aryl methyl sites for hydroxylation is 4. The lowest BCUT2D eigenvalue weighted by Crippen LogP contribution is -2.49. The van der Waals surface area contributed by atoms with E-state index in [4.69, 9.17) is 39.9 Å². The number of nitrogens with zero attached hydrogens (tertiary/aromatic N) is 20. The third-order valence-electron chi connectivity index (χ3n) is 29.5. The van der Waals surface area contributed by atoms with Crippen LogP contribution in [0.25, 0.3) is 44.1 Å². The Hall–Kier alpha value is -10.1. The summed E-state index contributed by atoms with van der Waals surface area (Å²) >= 11 is 0. The largest absolute Gasteiger partial charge is 0.367 e. The summed E-state index contributed by atoms with van der Waals surface area (Å²) < 4.78 is 0. The number of rotatable bonds is 15. The number of likely N-dealkylation sites (tertiary alicyclic amines) is 4. The van der Waals surface area contributed by atoms with Crippen molar-refractivity contribution < 1.29 is 4.79 Å². The van der Waals surface area contributed by atoms with Crippen LogP contribution in [-0.4, -0.2) is 257 Å². The second-order valence-corrected chi connectivity index (χ2v) is 37.6. The van der Waals surface area contributed by atoms with Crippen LogP contribution < -0.4 is 19.6 Å². The minimum atomic E-state index is 0.131. The molecule has 0 bridgehead atoms. The van der Waals surface area contributed by atoms with Gasteiger partial charge in [-0.15, -0.1) is 0 Å². The van der Waals surface area contributed by atoms with Gasteiger partial charge in [0, 0.05) is 128 Å². The number of hydrogen-bond acceptors (Lipinski definition) is 20. The van der Waals surface area contributed by atoms with Crippen molar-refractivity contribution in [3.05, 3.63) is 214 Å². The number of aromatic nitrogens is 12. The number of fused-ring (bicyclic) bond motifs is 4. The van der Waals surface area contributed by atoms with Gasteiger partial charge in [-0.05, 0) is 268 Å². The summed E-state index contributed by atoms with van der Waals surface area (Å²) in [6.45, 7) is 31.9. The molecule has 664 valence electrons. The Morgan fingerprint density at radius 2 is 0.659 bits per heavy atom. The molecule has 1 saturated carbocycles. The van der Waals surface area contributed by atoms with E-state index in [2.05, 4.69) is 235 Å². The molecule has 4 aromatic carbocycles. The van der Waals surface area contributed by atoms with Crippen molar-refractivity contribution in [2.75, 3.05) is 160 Å². The Kier molecular flexibility index (Phi) is 26.4. The number of piperazine rings is 4. The monoisotopic (exact) mass is 1700 g/mol. The minimum absolute atomic E-state index is 0.131. The Labute approximate surface area is 745 Å². The number of hydrogen-bond donors (Lipinski definition) is 4. The molecular formula is C101H134N24O. The smallest absolute Gasteiger partial charge is 0.241 e. The highest BCUT2D eigenvalue weighted by Gasteiger charge is 2.40. The van der Waals surface area contributed by atoms with Crippen molar-refractivity contribution in [3.63, 3.8) is 0 Å². The minimum Gasteiger partial charge on any atom is -0.367 e. The Morgan fingerprint density at radius 3 is 0.968 bits per heavy atom. The molecule has 0 spiro atoms. The Balaban J connectivity index is 0.000000114. The second-order valence-electron chi connectivity index (χ2n) is 37.6. The Morgan fingerprint density at radius 1 is 0.349 bits per heavy atom. The summed E-state index contributed by atoms with van der Waals surface area (Å²) in [6, 6.07) is 46.4. The van der Waals surface area contributed by atoms with Crippen molar-refractivity contribution in [1.29, 1.82) is 0 Å². The lowest BCUT2D eigenvalue weighted by molar-refractivity contribution is -0.120. The van der Waals surface area contributed by atoms with Crippen LogP contribution in [0.3, 0.4) is 0 Å². The van der Waals surface area contributed by atoms with E-state index in [9.17, 15) is 4.79 Å². The van der Waals surface area contributed by atoms with Crippen LogP contribution in [0.4, 0.5) is 22.7 Å². The summed E-state index contributed by atoms with van der Waals surface area (Å²) in [6.07, 6.45) is 24.2. The number of pyridine rings is 4. The van der Waals surface area contributed by atoms with Gasteiger partial charge in [0.15, 0.2) is 0 Å². The van der Waals surface area contributed by atoms with Crippen LogP contribution in [-0.2, 0) is 4.79 Å². The number of para-hydroxylation sites is 4. The number of nitrogens with one attached hydrogen (secondary N) is 4. The molecule has 25 heteroatoms. The van der Waals surface area contributed by atoms with E-state index in [0.29, 0.717) is 43.3 Å². The molecule has 8 aromatic heterocycles. The van der Waals surface area contributed by atoms with Gasteiger partial charge in [0.05, 0.1) is 122 Å². The van der Waals surface area contributed by atoms with E-state index >= 15 is 0 Å². The van der Waals surface area contributed by atoms with E-state index in [-0.39, 0.29) is 30.1 Å². The average molecular weight is 1700 g/mol. The molecule has 25 nitrogen and oxygen atoms in total. The van der Waals surface area contributed by atoms with Crippen LogP contribution in [0.1, 0.15) is 227 Å². The first-order valence-electron chi connectivity index (χ1n) is 47.3. The maximum absolute atomic E-state index is 12.7. The summed E-state index contributed by atoms with van der Waals surface area (Å²) in [5.41, 5.74) is 23.3. The van der Waals surface area contributed by atoms with Crippen LogP contribution in [0.15, 0.2) is 146 Å². The van der Waals surface area contributed by atoms with Crippen molar-refractivity contribution >= 4 is 72.8 Å². The molecule has 0 unspecified atom stereocenters. The molecule has 9 fully saturated rings. The average Bonchev–Trinajstić information content (AvgIpc) is 1.65. The Bertz CT molecular complexity index is 5520. The number of likely N-dealkylation sites (N-methyl/N-ethyl adjacent to an activating group) is 2. The molecule has 16 heterocycles. The van der Waals surface area contributed by atoms with E-state index in [1.54, 1.807) is 0 Å². The summed E-state index contributed by atoms with van der Waals surface area (Å²) in [5.74, 6) is 4.39. The highest BCUT2D eigenvalue weighted by molar-refractivity contribution is 6.03. The number of benzene rings is 4. The third-order valence-corrected chi connectivity index (χ3v) is 29.5. The molecule has 1 amide bonds. The first-order chi connectivity index (χ1) is 61.4. The van der Waals surface area contributed by atoms with E-state index in [1.807, 2.05) is 73.1 Å². The molecule has 126 heavy (non-hydrogen) atoms. The fourth-order valence-corrected chi connectivity index (χ4v) is 21.9. The molecule has 8 aliphatic heterocycles. The van der Waals surface area contributed by atoms with Gasteiger partial charge >= 0.3 is 0 Å². The molecule has 4 N–H and O–H groups in total. The van der Waals surface area contributed by atoms with E-state index in [0.717, 1.165) is 221 Å². The number of carbonyl (C=O) groups excluding carboxylic acids is 1. The van der Waals surface area contributed by atoms with E-state index < -0.39 is 0 Å². The fourth-order valence-electron chi connectivity index (χ4n) is 21.9. The van der Waals surface area contributed by atoms with Crippen molar-refractivity contribution in [2.45, 2.75) is 199 Å². The van der Waals surface area contributed by atoms with Crippen molar-refractivity contribution in [1.82, 2.24) is 99.0 Å². The molecule has 12 aromatic rings. The molecule has 1 aliphatic carbocycles. The topological polar surface area (TPSA) is 222 Å². The first kappa shape index (κ1) is 86.6. The SMILES string of the molecule is CCN1CCN(c2cccc3[nH]c([C@H]4CCC[C@@H](c5ncccc5C)N4C)nc23)CC1.Cc1cccnc1[C@@H]1CCC[C@H](c2nc3c(N4CCN(C(C)C)CC4)cccc3[nH]2)N1C.Cc1cccnc1[C@@H]1CCC[C@H](c2nc3c(N4CCN(C)CC4=O)cccc3[nH]2)N1C.Cc1cccnc1[C@@H]1CCC[C@H](c2nc3c(N4CCN(C5CC5)CC4)cccc3[nH]2)N1C. The number of carbonyl (C=O) groups is 1.